The number of ketones is 1. The number of fused-ring (bicyclic) bond motifs is 1. The number of allylic oxidation sites excluding steroid dienone is 1. The monoisotopic (exact) mass is 381 g/mol. The third-order valence-electron chi connectivity index (χ3n) is 3.95. The van der Waals surface area contributed by atoms with E-state index in [0.717, 1.165) is 4.90 Å². The molecule has 0 spiro atoms. The highest BCUT2D eigenvalue weighted by atomic mass is 35.5. The molecule has 1 aliphatic rings. The largest absolute Gasteiger partial charge is 0.545 e. The maximum absolute atomic E-state index is 12.4. The minimum absolute atomic E-state index is 0.0331. The maximum atomic E-state index is 12.4. The summed E-state index contributed by atoms with van der Waals surface area (Å²) in [7, 11) is 0. The van der Waals surface area contributed by atoms with E-state index in [0.29, 0.717) is 27.6 Å². The Labute approximate surface area is 158 Å². The number of carbonyl (C=O) groups excluding carboxylic acids is 2. The summed E-state index contributed by atoms with van der Waals surface area (Å²) in [4.78, 5) is 25.0. The number of Topliss-reactive ketones (excluding diaryl/α,β-unsaturated/α-hetero) is 1. The van der Waals surface area contributed by atoms with Crippen LogP contribution >= 0.6 is 23.4 Å². The third-order valence-corrected chi connectivity index (χ3v) is 5.37. The molecule has 0 aliphatic carbocycles. The fourth-order valence-corrected chi connectivity index (χ4v) is 3.91. The number of halogens is 1. The lowest BCUT2D eigenvalue weighted by Gasteiger charge is -2.06. The minimum Gasteiger partial charge on any atom is -0.545 e. The van der Waals surface area contributed by atoms with Crippen molar-refractivity contribution >= 4 is 41.2 Å². The smallest absolute Gasteiger partial charge is 0.200 e. The van der Waals surface area contributed by atoms with Gasteiger partial charge in [-0.05, 0) is 48.5 Å². The van der Waals surface area contributed by atoms with Gasteiger partial charge < -0.3 is 14.3 Å². The topological polar surface area (TPSA) is 70.3 Å². The number of hydrogen-bond donors (Lipinski definition) is 0. The van der Waals surface area contributed by atoms with Gasteiger partial charge in [-0.15, -0.1) is 0 Å². The summed E-state index contributed by atoms with van der Waals surface area (Å²) in [6, 6.07) is 15.4. The molecule has 0 amide bonds. The van der Waals surface area contributed by atoms with E-state index < -0.39 is 5.97 Å². The lowest BCUT2D eigenvalue weighted by molar-refractivity contribution is -0.255. The molecule has 4 nitrogen and oxygen atoms in total. The highest BCUT2D eigenvalue weighted by Crippen LogP contribution is 2.41. The van der Waals surface area contributed by atoms with Gasteiger partial charge in [0.15, 0.2) is 0 Å². The molecule has 6 heteroatoms. The second kappa shape index (κ2) is 6.52. The molecule has 0 atom stereocenters. The van der Waals surface area contributed by atoms with Gasteiger partial charge in [0.05, 0.1) is 10.9 Å². The van der Waals surface area contributed by atoms with Gasteiger partial charge in [0, 0.05) is 26.6 Å². The van der Waals surface area contributed by atoms with E-state index in [1.807, 2.05) is 18.2 Å². The number of carboxylic acid groups (broad SMARTS) is 1. The van der Waals surface area contributed by atoms with Crippen LogP contribution in [-0.4, -0.2) is 11.8 Å². The molecule has 0 bridgehead atoms. The Morgan fingerprint density at radius 2 is 1.92 bits per heavy atom. The number of hydrogen-bond acceptors (Lipinski definition) is 5. The van der Waals surface area contributed by atoms with Gasteiger partial charge in [0.25, 0.3) is 0 Å². The molecule has 0 unspecified atom stereocenters. The highest BCUT2D eigenvalue weighted by Gasteiger charge is 2.25. The van der Waals surface area contributed by atoms with E-state index in [1.54, 1.807) is 30.3 Å². The molecule has 2 heterocycles. The van der Waals surface area contributed by atoms with E-state index in [9.17, 15) is 14.7 Å². The van der Waals surface area contributed by atoms with E-state index in [2.05, 4.69) is 0 Å². The highest BCUT2D eigenvalue weighted by molar-refractivity contribution is 8.04. The summed E-state index contributed by atoms with van der Waals surface area (Å²) in [5.74, 6) is -0.400. The molecule has 0 N–H and O–H groups in total. The lowest BCUT2D eigenvalue weighted by atomic mass is 10.1. The summed E-state index contributed by atoms with van der Waals surface area (Å²) < 4.78 is 5.76. The average Bonchev–Trinajstić information content (AvgIpc) is 3.21. The van der Waals surface area contributed by atoms with Crippen LogP contribution in [0.25, 0.3) is 17.4 Å². The minimum atomic E-state index is -1.35. The number of aromatic carboxylic acids is 1. The first kappa shape index (κ1) is 16.7. The van der Waals surface area contributed by atoms with Crippen LogP contribution in [0.3, 0.4) is 0 Å². The zero-order chi connectivity index (χ0) is 18.3. The number of rotatable bonds is 3. The van der Waals surface area contributed by atoms with Crippen LogP contribution < -0.4 is 5.11 Å². The van der Waals surface area contributed by atoms with Crippen molar-refractivity contribution in [3.8, 4) is 11.3 Å². The molecule has 0 saturated heterocycles. The molecule has 0 radical (unpaired) electrons. The van der Waals surface area contributed by atoms with Crippen LogP contribution in [0.2, 0.25) is 5.02 Å². The van der Waals surface area contributed by atoms with Crippen molar-refractivity contribution in [3.05, 3.63) is 81.4 Å². The van der Waals surface area contributed by atoms with Crippen molar-refractivity contribution in [2.45, 2.75) is 4.90 Å². The Morgan fingerprint density at radius 1 is 1.12 bits per heavy atom. The van der Waals surface area contributed by atoms with Gasteiger partial charge in [-0.25, -0.2) is 0 Å². The molecule has 128 valence electrons. The van der Waals surface area contributed by atoms with Gasteiger partial charge in [0.1, 0.15) is 11.5 Å². The van der Waals surface area contributed by atoms with Gasteiger partial charge in [0.2, 0.25) is 5.78 Å². The Hall–Kier alpha value is -2.76. The molecule has 0 fully saturated rings. The van der Waals surface area contributed by atoms with E-state index in [1.165, 1.54) is 23.9 Å². The summed E-state index contributed by atoms with van der Waals surface area (Å²) in [5, 5.41) is 11.2. The van der Waals surface area contributed by atoms with Gasteiger partial charge in [-0.1, -0.05) is 35.5 Å². The molecular weight excluding hydrogens is 372 g/mol. The van der Waals surface area contributed by atoms with Crippen molar-refractivity contribution in [1.82, 2.24) is 0 Å². The van der Waals surface area contributed by atoms with Gasteiger partial charge in [-0.2, -0.15) is 0 Å². The van der Waals surface area contributed by atoms with E-state index in [-0.39, 0.29) is 16.4 Å². The number of furan rings is 1. The Morgan fingerprint density at radius 3 is 2.69 bits per heavy atom. The fraction of sp³-hybridized carbons (Fsp3) is 0. The molecule has 26 heavy (non-hydrogen) atoms. The van der Waals surface area contributed by atoms with E-state index >= 15 is 0 Å². The first-order valence-electron chi connectivity index (χ1n) is 7.67. The van der Waals surface area contributed by atoms with Crippen molar-refractivity contribution < 1.29 is 19.1 Å². The number of benzene rings is 2. The first-order valence-corrected chi connectivity index (χ1v) is 8.87. The average molecular weight is 382 g/mol. The van der Waals surface area contributed by atoms with Crippen molar-refractivity contribution in [2.24, 2.45) is 0 Å². The SMILES string of the molecule is O=C([O-])c1cc(-c2ccc(/C=C3/Sc4ccccc4C3=O)o2)ccc1Cl. The van der Waals surface area contributed by atoms with Crippen molar-refractivity contribution in [2.75, 3.05) is 0 Å². The lowest BCUT2D eigenvalue weighted by Crippen LogP contribution is -2.22. The van der Waals surface area contributed by atoms with Crippen LogP contribution in [0.5, 0.6) is 0 Å². The Bertz CT molecular complexity index is 1080. The standard InChI is InChI=1S/C20H11ClO4S/c21-15-7-5-11(9-14(15)20(23)24)16-8-6-12(25-16)10-18-19(22)13-3-1-2-4-17(13)26-18/h1-10H,(H,23,24)/p-1/b18-10+. The second-order valence-corrected chi connectivity index (χ2v) is 7.11. The summed E-state index contributed by atoms with van der Waals surface area (Å²) >= 11 is 7.26. The Balaban J connectivity index is 1.65. The predicted molar refractivity (Wildman–Crippen MR) is 98.1 cm³/mol. The second-order valence-electron chi connectivity index (χ2n) is 5.62. The third kappa shape index (κ3) is 2.96. The number of carbonyl (C=O) groups is 2. The van der Waals surface area contributed by atoms with Crippen LogP contribution in [-0.2, 0) is 0 Å². The van der Waals surface area contributed by atoms with Crippen LogP contribution in [0.4, 0.5) is 0 Å². The van der Waals surface area contributed by atoms with Crippen molar-refractivity contribution in [3.63, 3.8) is 0 Å². The summed E-state index contributed by atoms with van der Waals surface area (Å²) in [5.41, 5.74) is 1.15. The number of carboxylic acids is 1. The number of thioether (sulfide) groups is 1. The van der Waals surface area contributed by atoms with Gasteiger partial charge >= 0.3 is 0 Å². The molecule has 1 aliphatic heterocycles. The summed E-state index contributed by atoms with van der Waals surface area (Å²) in [6.45, 7) is 0. The van der Waals surface area contributed by atoms with Gasteiger partial charge in [-0.3, -0.25) is 4.79 Å². The fourth-order valence-electron chi connectivity index (χ4n) is 2.69. The molecular formula is C20H10ClO4S-. The maximum Gasteiger partial charge on any atom is 0.200 e. The zero-order valence-electron chi connectivity index (χ0n) is 13.2. The van der Waals surface area contributed by atoms with Crippen molar-refractivity contribution in [1.29, 1.82) is 0 Å². The summed E-state index contributed by atoms with van der Waals surface area (Å²) in [6.07, 6.45) is 1.69. The van der Waals surface area contributed by atoms with Crippen LogP contribution in [0.1, 0.15) is 26.5 Å². The molecule has 1 aromatic heterocycles. The quantitative estimate of drug-likeness (QED) is 0.633. The van der Waals surface area contributed by atoms with E-state index in [4.69, 9.17) is 16.0 Å². The molecule has 0 saturated carbocycles. The normalized spacial score (nSPS) is 14.7. The molecule has 2 aromatic carbocycles. The van der Waals surface area contributed by atoms with Crippen LogP contribution in [0, 0.1) is 0 Å². The Kier molecular flexibility index (Phi) is 4.18. The van der Waals surface area contributed by atoms with Crippen LogP contribution in [0.15, 0.2) is 68.8 Å². The predicted octanol–water partition coefficient (Wildman–Crippen LogP) is 4.29. The molecule has 4 rings (SSSR count). The zero-order valence-corrected chi connectivity index (χ0v) is 14.8. The molecule has 3 aromatic rings. The first-order chi connectivity index (χ1) is 12.5.